The van der Waals surface area contributed by atoms with E-state index in [4.69, 9.17) is 5.11 Å². The molecular formula is C29H28N4O6S2. The van der Waals surface area contributed by atoms with E-state index in [1.54, 1.807) is 36.5 Å². The number of likely N-dealkylation sites (N-methyl/N-ethyl adjacent to an activating group) is 1. The van der Waals surface area contributed by atoms with Gasteiger partial charge in [0.15, 0.2) is 16.6 Å². The molecule has 212 valence electrons. The molecular weight excluding hydrogens is 564 g/mol. The van der Waals surface area contributed by atoms with E-state index >= 15 is 0 Å². The van der Waals surface area contributed by atoms with Crippen LogP contribution in [0.3, 0.4) is 0 Å². The zero-order valence-electron chi connectivity index (χ0n) is 22.7. The highest BCUT2D eigenvalue weighted by molar-refractivity contribution is 7.89. The van der Waals surface area contributed by atoms with Crippen LogP contribution in [0.2, 0.25) is 0 Å². The number of aromatic carboxylic acids is 1. The second kappa shape index (κ2) is 11.8. The molecule has 0 bridgehead atoms. The lowest BCUT2D eigenvalue weighted by Crippen LogP contribution is -2.37. The molecule has 1 aliphatic rings. The number of fused-ring (bicyclic) bond motifs is 1. The predicted octanol–water partition coefficient (Wildman–Crippen LogP) is 5.70. The lowest BCUT2D eigenvalue weighted by Gasteiger charge is -2.28. The molecule has 0 radical (unpaired) electrons. The fourth-order valence-electron chi connectivity index (χ4n) is 4.06. The number of benzene rings is 3. The lowest BCUT2D eigenvalue weighted by molar-refractivity contribution is -0.113. The molecule has 2 heterocycles. The number of aromatic nitrogens is 1. The van der Waals surface area contributed by atoms with E-state index in [-0.39, 0.29) is 27.5 Å². The first-order chi connectivity index (χ1) is 19.4. The number of nitrogens with one attached hydrogen (secondary N) is 2. The molecule has 0 unspecified atom stereocenters. The summed E-state index contributed by atoms with van der Waals surface area (Å²) < 4.78 is 25.8. The number of hydrogen-bond acceptors (Lipinski definition) is 8. The third-order valence-electron chi connectivity index (χ3n) is 6.41. The molecule has 0 fully saturated rings. The number of sulfonamides is 1. The van der Waals surface area contributed by atoms with Gasteiger partial charge in [-0.25, -0.2) is 18.2 Å². The number of para-hydroxylation sites is 1. The number of nitrogens with zero attached hydrogens (tertiary/aromatic N) is 2. The van der Waals surface area contributed by atoms with E-state index in [9.17, 15) is 23.1 Å². The first kappa shape index (κ1) is 29.3. The van der Waals surface area contributed by atoms with Gasteiger partial charge in [0.25, 0.3) is 15.9 Å². The van der Waals surface area contributed by atoms with Crippen molar-refractivity contribution in [3.8, 4) is 0 Å². The molecule has 0 spiro atoms. The van der Waals surface area contributed by atoms with Crippen LogP contribution in [-0.4, -0.2) is 46.8 Å². The van der Waals surface area contributed by atoms with Crippen LogP contribution in [-0.2, 0) is 14.8 Å². The summed E-state index contributed by atoms with van der Waals surface area (Å²) in [6.07, 6.45) is 1.59. The molecule has 4 aromatic rings. The number of thiazole rings is 1. The molecule has 1 aliphatic heterocycles. The summed E-state index contributed by atoms with van der Waals surface area (Å²) in [5.74, 6) is -2.05. The Bertz CT molecular complexity index is 1780. The highest BCUT2D eigenvalue weighted by Crippen LogP contribution is 2.35. The molecule has 0 atom stereocenters. The minimum Gasteiger partial charge on any atom is -0.505 e. The molecule has 0 aliphatic carbocycles. The number of aliphatic hydroxyl groups is 1. The second-order valence-electron chi connectivity index (χ2n) is 9.12. The van der Waals surface area contributed by atoms with Gasteiger partial charge in [0.2, 0.25) is 0 Å². The van der Waals surface area contributed by atoms with E-state index < -0.39 is 21.9 Å². The van der Waals surface area contributed by atoms with Crippen LogP contribution in [0.5, 0.6) is 0 Å². The summed E-state index contributed by atoms with van der Waals surface area (Å²) in [5.41, 5.74) is 3.88. The first-order valence-electron chi connectivity index (χ1n) is 12.3. The number of aliphatic hydroxyl groups excluding tert-OH is 1. The molecule has 5 rings (SSSR count). The Morgan fingerprint density at radius 2 is 1.59 bits per heavy atom. The molecule has 41 heavy (non-hydrogen) atoms. The normalized spacial score (nSPS) is 13.5. The summed E-state index contributed by atoms with van der Waals surface area (Å²) in [4.78, 5) is 28.4. The number of carboxylic acids is 1. The maximum atomic E-state index is 12.5. The number of rotatable bonds is 5. The molecule has 1 aromatic heterocycles. The average Bonchev–Trinajstić information content (AvgIpc) is 3.35. The van der Waals surface area contributed by atoms with Crippen molar-refractivity contribution in [1.82, 2.24) is 9.29 Å². The Balaban J connectivity index is 0.000000195. The van der Waals surface area contributed by atoms with Gasteiger partial charge < -0.3 is 15.5 Å². The topological polar surface area (TPSA) is 149 Å². The average molecular weight is 593 g/mol. The number of carboxylic acid groups (broad SMARTS) is 1. The SMILES string of the molecule is Cc1cccc(Nc2ccccc2C(=O)O)c1C.Cc1cnc(NC(=O)C2=C(O)c3ccccc3S(=O)(=O)N2C)s1. The number of anilines is 3. The van der Waals surface area contributed by atoms with Crippen LogP contribution in [0, 0.1) is 20.8 Å². The van der Waals surface area contributed by atoms with Crippen LogP contribution in [0.25, 0.3) is 5.76 Å². The Labute approximate surface area is 241 Å². The van der Waals surface area contributed by atoms with Gasteiger partial charge in [0, 0.05) is 29.4 Å². The van der Waals surface area contributed by atoms with Gasteiger partial charge >= 0.3 is 5.97 Å². The van der Waals surface area contributed by atoms with Crippen LogP contribution in [0.1, 0.15) is 31.9 Å². The second-order valence-corrected chi connectivity index (χ2v) is 12.3. The van der Waals surface area contributed by atoms with Crippen molar-refractivity contribution in [3.63, 3.8) is 0 Å². The minimum atomic E-state index is -3.90. The maximum Gasteiger partial charge on any atom is 0.337 e. The van der Waals surface area contributed by atoms with Crippen molar-refractivity contribution >= 4 is 55.5 Å². The fraction of sp³-hybridized carbons (Fsp3) is 0.138. The number of hydrogen-bond donors (Lipinski definition) is 4. The summed E-state index contributed by atoms with van der Waals surface area (Å²) in [7, 11) is -2.67. The highest BCUT2D eigenvalue weighted by atomic mass is 32.2. The van der Waals surface area contributed by atoms with Crippen LogP contribution >= 0.6 is 11.3 Å². The molecule has 0 saturated carbocycles. The van der Waals surface area contributed by atoms with Crippen LogP contribution in [0.4, 0.5) is 16.5 Å². The van der Waals surface area contributed by atoms with Crippen molar-refractivity contribution in [2.24, 2.45) is 0 Å². The van der Waals surface area contributed by atoms with E-state index in [0.717, 1.165) is 20.4 Å². The molecule has 1 amide bonds. The van der Waals surface area contributed by atoms with Crippen molar-refractivity contribution in [2.75, 3.05) is 17.7 Å². The monoisotopic (exact) mass is 592 g/mol. The van der Waals surface area contributed by atoms with Crippen molar-refractivity contribution < 1.29 is 28.2 Å². The fourth-order valence-corrected chi connectivity index (χ4v) is 6.12. The Morgan fingerprint density at radius 3 is 2.27 bits per heavy atom. The van der Waals surface area contributed by atoms with E-state index in [0.29, 0.717) is 10.8 Å². The highest BCUT2D eigenvalue weighted by Gasteiger charge is 2.37. The van der Waals surface area contributed by atoms with E-state index in [1.165, 1.54) is 36.1 Å². The van der Waals surface area contributed by atoms with Gasteiger partial charge in [0.05, 0.1) is 16.1 Å². The summed E-state index contributed by atoms with van der Waals surface area (Å²) in [6, 6.07) is 18.8. The van der Waals surface area contributed by atoms with Gasteiger partial charge in [0.1, 0.15) is 0 Å². The Kier molecular flexibility index (Phi) is 8.45. The zero-order chi connectivity index (χ0) is 29.9. The standard InChI is InChI=1S/C15H15NO2.C14H13N3O4S2/c1-10-6-5-9-13(11(10)2)16-14-8-4-3-7-12(14)15(17)18;1-8-7-15-14(22-8)16-13(19)11-12(18)9-5-3-4-6-10(9)23(20,21)17(11)2/h3-9,16H,1-2H3,(H,17,18);3-7,18H,1-2H3,(H,15,16,19). The third-order valence-corrected chi connectivity index (χ3v) is 9.05. The molecule has 10 nitrogen and oxygen atoms in total. The van der Waals surface area contributed by atoms with Crippen molar-refractivity contribution in [1.29, 1.82) is 0 Å². The molecule has 3 aromatic carbocycles. The van der Waals surface area contributed by atoms with Crippen molar-refractivity contribution in [2.45, 2.75) is 25.7 Å². The number of carbonyl (C=O) groups excluding carboxylic acids is 1. The van der Waals surface area contributed by atoms with E-state index in [1.807, 2.05) is 45.0 Å². The predicted molar refractivity (Wildman–Crippen MR) is 159 cm³/mol. The first-order valence-corrected chi connectivity index (χ1v) is 14.6. The minimum absolute atomic E-state index is 0.0401. The molecule has 4 N–H and O–H groups in total. The van der Waals surface area contributed by atoms with Crippen molar-refractivity contribution in [3.05, 3.63) is 106 Å². The summed E-state index contributed by atoms with van der Waals surface area (Å²) in [5, 5.41) is 25.5. The van der Waals surface area contributed by atoms with Crippen LogP contribution < -0.4 is 10.6 Å². The molecule has 0 saturated heterocycles. The quantitative estimate of drug-likeness (QED) is 0.231. The number of amides is 1. The summed E-state index contributed by atoms with van der Waals surface area (Å²) >= 11 is 1.25. The smallest absolute Gasteiger partial charge is 0.337 e. The maximum absolute atomic E-state index is 12.5. The van der Waals surface area contributed by atoms with E-state index in [2.05, 4.69) is 15.6 Å². The van der Waals surface area contributed by atoms with Gasteiger partial charge in [-0.1, -0.05) is 36.4 Å². The Morgan fingerprint density at radius 1 is 0.927 bits per heavy atom. The van der Waals surface area contributed by atoms with Gasteiger partial charge in [-0.2, -0.15) is 0 Å². The molecule has 12 heteroatoms. The number of aryl methyl sites for hydroxylation is 2. The largest absolute Gasteiger partial charge is 0.505 e. The van der Waals surface area contributed by atoms with Crippen LogP contribution in [0.15, 0.2) is 83.5 Å². The lowest BCUT2D eigenvalue weighted by atomic mass is 10.1. The third kappa shape index (κ3) is 6.08. The van der Waals surface area contributed by atoms with Gasteiger partial charge in [-0.15, -0.1) is 11.3 Å². The Hall–Kier alpha value is -4.68. The summed E-state index contributed by atoms with van der Waals surface area (Å²) in [6.45, 7) is 5.88. The van der Waals surface area contributed by atoms with Gasteiger partial charge in [-0.3, -0.25) is 14.4 Å². The number of carbonyl (C=O) groups is 2. The zero-order valence-corrected chi connectivity index (χ0v) is 24.3. The van der Waals surface area contributed by atoms with Gasteiger partial charge in [-0.05, 0) is 62.2 Å².